The Morgan fingerprint density at radius 1 is 1.20 bits per heavy atom. The van der Waals surface area contributed by atoms with Crippen LogP contribution in [0.2, 0.25) is 0 Å². The Morgan fingerprint density at radius 2 is 2.00 bits per heavy atom. The van der Waals surface area contributed by atoms with Crippen LogP contribution >= 0.6 is 0 Å². The number of hydrogen-bond acceptors (Lipinski definition) is 5. The number of rotatable bonds is 4. The maximum atomic E-state index is 12.1. The zero-order valence-corrected chi connectivity index (χ0v) is 15.5. The van der Waals surface area contributed by atoms with E-state index in [2.05, 4.69) is 14.9 Å². The molecule has 25 heavy (non-hydrogen) atoms. The van der Waals surface area contributed by atoms with E-state index >= 15 is 0 Å². The Labute approximate surface area is 150 Å². The van der Waals surface area contributed by atoms with Crippen LogP contribution in [0.5, 0.6) is 0 Å². The minimum Gasteiger partial charge on any atom is -0.381 e. The molecule has 6 heteroatoms. The third kappa shape index (κ3) is 4.98. The second-order valence-corrected chi connectivity index (χ2v) is 7.47. The van der Waals surface area contributed by atoms with Crippen molar-refractivity contribution in [2.24, 2.45) is 5.92 Å². The molecule has 3 heterocycles. The Balaban J connectivity index is 1.56. The van der Waals surface area contributed by atoms with Crippen LogP contribution in [0.15, 0.2) is 12.4 Å². The molecule has 1 aromatic rings. The van der Waals surface area contributed by atoms with Crippen LogP contribution in [0.1, 0.15) is 48.3 Å². The molecular weight excluding hydrogens is 316 g/mol. The van der Waals surface area contributed by atoms with E-state index in [1.54, 1.807) is 19.0 Å². The van der Waals surface area contributed by atoms with Gasteiger partial charge in [-0.2, -0.15) is 0 Å². The molecule has 138 valence electrons. The van der Waals surface area contributed by atoms with Gasteiger partial charge in [0.2, 0.25) is 0 Å². The molecule has 0 spiro atoms. The van der Waals surface area contributed by atoms with Crippen molar-refractivity contribution in [2.45, 2.75) is 44.6 Å². The molecule has 0 aromatic carbocycles. The summed E-state index contributed by atoms with van der Waals surface area (Å²) in [6, 6.07) is 2.57. The van der Waals surface area contributed by atoms with E-state index in [9.17, 15) is 4.79 Å². The van der Waals surface area contributed by atoms with Gasteiger partial charge in [-0.15, -0.1) is 0 Å². The molecule has 3 rings (SSSR count). The fraction of sp³-hybridized carbons (Fsp3) is 0.737. The van der Waals surface area contributed by atoms with Crippen molar-refractivity contribution < 1.29 is 9.53 Å². The number of ether oxygens (including phenoxy) is 1. The minimum absolute atomic E-state index is 0.0600. The Bertz CT molecular complexity index is 572. The number of nitrogens with zero attached hydrogens (tertiary/aromatic N) is 4. The first-order chi connectivity index (χ1) is 12.1. The van der Waals surface area contributed by atoms with E-state index < -0.39 is 0 Å². The fourth-order valence-corrected chi connectivity index (χ4v) is 3.96. The van der Waals surface area contributed by atoms with Crippen LogP contribution in [0.3, 0.4) is 0 Å². The van der Waals surface area contributed by atoms with Crippen LogP contribution in [0.25, 0.3) is 0 Å². The van der Waals surface area contributed by atoms with E-state index in [-0.39, 0.29) is 5.91 Å². The summed E-state index contributed by atoms with van der Waals surface area (Å²) in [7, 11) is 3.50. The first kappa shape index (κ1) is 18.3. The van der Waals surface area contributed by atoms with Crippen molar-refractivity contribution in [1.82, 2.24) is 19.8 Å². The standard InChI is InChI=1S/C19H30N4O2/c1-22(2)19(24)18-13-16(20-14-21-18)12-15-4-3-8-23(9-5-15)17-6-10-25-11-7-17/h13-15,17H,3-12H2,1-2H3/t15-/m0/s1. The largest absolute Gasteiger partial charge is 0.381 e. The lowest BCUT2D eigenvalue weighted by Crippen LogP contribution is -2.40. The number of likely N-dealkylation sites (tertiary alicyclic amines) is 1. The second kappa shape index (κ2) is 8.72. The summed E-state index contributed by atoms with van der Waals surface area (Å²) in [5.41, 5.74) is 1.48. The van der Waals surface area contributed by atoms with Gasteiger partial charge < -0.3 is 14.5 Å². The summed E-state index contributed by atoms with van der Waals surface area (Å²) in [6.07, 6.45) is 8.50. The van der Waals surface area contributed by atoms with Gasteiger partial charge in [0.25, 0.3) is 5.91 Å². The van der Waals surface area contributed by atoms with E-state index in [1.165, 1.54) is 51.5 Å². The summed E-state index contributed by atoms with van der Waals surface area (Å²) < 4.78 is 5.50. The number of carbonyl (C=O) groups is 1. The summed E-state index contributed by atoms with van der Waals surface area (Å²) in [4.78, 5) is 24.8. The van der Waals surface area contributed by atoms with Crippen LogP contribution in [-0.4, -0.2) is 72.1 Å². The number of hydrogen-bond donors (Lipinski definition) is 0. The molecule has 1 atom stereocenters. The Hall–Kier alpha value is -1.53. The molecule has 0 aliphatic carbocycles. The van der Waals surface area contributed by atoms with Crippen molar-refractivity contribution >= 4 is 5.91 Å². The van der Waals surface area contributed by atoms with Gasteiger partial charge >= 0.3 is 0 Å². The highest BCUT2D eigenvalue weighted by Gasteiger charge is 2.25. The second-order valence-electron chi connectivity index (χ2n) is 7.47. The van der Waals surface area contributed by atoms with Gasteiger partial charge in [0.1, 0.15) is 12.0 Å². The van der Waals surface area contributed by atoms with Gasteiger partial charge in [0, 0.05) is 39.0 Å². The smallest absolute Gasteiger partial charge is 0.272 e. The maximum Gasteiger partial charge on any atom is 0.272 e. The molecule has 1 aromatic heterocycles. The first-order valence-electron chi connectivity index (χ1n) is 9.48. The van der Waals surface area contributed by atoms with Gasteiger partial charge in [0.05, 0.1) is 0 Å². The highest BCUT2D eigenvalue weighted by molar-refractivity contribution is 5.91. The molecule has 2 saturated heterocycles. The zero-order valence-electron chi connectivity index (χ0n) is 15.5. The summed E-state index contributed by atoms with van der Waals surface area (Å²) in [5, 5.41) is 0. The average Bonchev–Trinajstić information content (AvgIpc) is 2.87. The van der Waals surface area contributed by atoms with Gasteiger partial charge in [-0.3, -0.25) is 4.79 Å². The fourth-order valence-electron chi connectivity index (χ4n) is 3.96. The van der Waals surface area contributed by atoms with Gasteiger partial charge in [0.15, 0.2) is 0 Å². The van der Waals surface area contributed by atoms with E-state index in [0.717, 1.165) is 25.3 Å². The predicted octanol–water partition coefficient (Wildman–Crippen LogP) is 2.00. The van der Waals surface area contributed by atoms with Crippen molar-refractivity contribution in [3.05, 3.63) is 23.8 Å². The van der Waals surface area contributed by atoms with Crippen LogP contribution in [0, 0.1) is 5.92 Å². The molecule has 0 unspecified atom stereocenters. The molecule has 0 bridgehead atoms. The number of carbonyl (C=O) groups excluding carboxylic acids is 1. The molecule has 0 radical (unpaired) electrons. The summed E-state index contributed by atoms with van der Waals surface area (Å²) in [5.74, 6) is 0.581. The predicted molar refractivity (Wildman–Crippen MR) is 96.5 cm³/mol. The van der Waals surface area contributed by atoms with Crippen LogP contribution < -0.4 is 0 Å². The average molecular weight is 346 g/mol. The Morgan fingerprint density at radius 3 is 2.76 bits per heavy atom. The zero-order chi connectivity index (χ0) is 17.6. The van der Waals surface area contributed by atoms with Gasteiger partial charge in [-0.05, 0) is 63.6 Å². The van der Waals surface area contributed by atoms with E-state index in [1.807, 2.05) is 6.07 Å². The van der Waals surface area contributed by atoms with Crippen LogP contribution in [-0.2, 0) is 11.2 Å². The normalized spacial score (nSPS) is 23.2. The van der Waals surface area contributed by atoms with Gasteiger partial charge in [-0.1, -0.05) is 0 Å². The summed E-state index contributed by atoms with van der Waals surface area (Å²) in [6.45, 7) is 4.20. The van der Waals surface area contributed by atoms with E-state index in [4.69, 9.17) is 4.74 Å². The molecule has 2 fully saturated rings. The highest BCUT2D eigenvalue weighted by Crippen LogP contribution is 2.25. The molecular formula is C19H30N4O2. The lowest BCUT2D eigenvalue weighted by Gasteiger charge is -2.33. The molecule has 0 saturated carbocycles. The van der Waals surface area contributed by atoms with Crippen LogP contribution in [0.4, 0.5) is 0 Å². The topological polar surface area (TPSA) is 58.6 Å². The Kier molecular flexibility index (Phi) is 6.37. The number of amides is 1. The third-order valence-electron chi connectivity index (χ3n) is 5.44. The molecule has 2 aliphatic rings. The molecule has 2 aliphatic heterocycles. The quantitative estimate of drug-likeness (QED) is 0.835. The molecule has 0 N–H and O–H groups in total. The van der Waals surface area contributed by atoms with Gasteiger partial charge in [-0.25, -0.2) is 9.97 Å². The minimum atomic E-state index is -0.0600. The number of aromatic nitrogens is 2. The van der Waals surface area contributed by atoms with Crippen molar-refractivity contribution in [3.8, 4) is 0 Å². The SMILES string of the molecule is CN(C)C(=O)c1cc(C[C@H]2CCCN(C3CCOCC3)CC2)ncn1. The summed E-state index contributed by atoms with van der Waals surface area (Å²) >= 11 is 0. The maximum absolute atomic E-state index is 12.1. The monoisotopic (exact) mass is 346 g/mol. The first-order valence-corrected chi connectivity index (χ1v) is 9.48. The lowest BCUT2D eigenvalue weighted by atomic mass is 9.95. The van der Waals surface area contributed by atoms with Crippen molar-refractivity contribution in [2.75, 3.05) is 40.4 Å². The van der Waals surface area contributed by atoms with Crippen molar-refractivity contribution in [1.29, 1.82) is 0 Å². The highest BCUT2D eigenvalue weighted by atomic mass is 16.5. The lowest BCUT2D eigenvalue weighted by molar-refractivity contribution is 0.0349. The third-order valence-corrected chi connectivity index (χ3v) is 5.44. The van der Waals surface area contributed by atoms with Crippen molar-refractivity contribution in [3.63, 3.8) is 0 Å². The van der Waals surface area contributed by atoms with E-state index in [0.29, 0.717) is 17.7 Å². The molecule has 1 amide bonds. The molecule has 6 nitrogen and oxygen atoms in total.